The highest BCUT2D eigenvalue weighted by atomic mass is 16.4. The average Bonchev–Trinajstić information content (AvgIpc) is 2.47. The summed E-state index contributed by atoms with van der Waals surface area (Å²) in [5.74, 6) is -1.47. The lowest BCUT2D eigenvalue weighted by molar-refractivity contribution is -0.141. The van der Waals surface area contributed by atoms with Crippen LogP contribution >= 0.6 is 0 Å². The Hall–Kier alpha value is -2.37. The molecule has 0 spiro atoms. The molecule has 0 aromatic heterocycles. The van der Waals surface area contributed by atoms with Gasteiger partial charge in [-0.2, -0.15) is 0 Å². The summed E-state index contributed by atoms with van der Waals surface area (Å²) in [6.07, 6.45) is 1.10. The summed E-state index contributed by atoms with van der Waals surface area (Å²) in [7, 11) is 0. The van der Waals surface area contributed by atoms with Crippen molar-refractivity contribution in [2.75, 3.05) is 6.54 Å². The number of aryl methyl sites for hydroxylation is 2. The molecule has 0 aliphatic rings. The zero-order valence-corrected chi connectivity index (χ0v) is 14.7. The quantitative estimate of drug-likeness (QED) is 0.678. The van der Waals surface area contributed by atoms with Crippen LogP contribution in [0.25, 0.3) is 0 Å². The Kier molecular flexibility index (Phi) is 7.42. The molecule has 0 radical (unpaired) electrons. The third kappa shape index (κ3) is 6.81. The van der Waals surface area contributed by atoms with Gasteiger partial charge < -0.3 is 15.7 Å². The van der Waals surface area contributed by atoms with Crippen LogP contribution in [0.15, 0.2) is 18.2 Å². The highest BCUT2D eigenvalue weighted by Crippen LogP contribution is 2.17. The van der Waals surface area contributed by atoms with Crippen LogP contribution in [-0.4, -0.2) is 29.4 Å². The van der Waals surface area contributed by atoms with E-state index in [1.165, 1.54) is 0 Å². The summed E-state index contributed by atoms with van der Waals surface area (Å²) >= 11 is 0. The first-order valence-electron chi connectivity index (χ1n) is 8.06. The number of hydrogen-bond donors (Lipinski definition) is 3. The minimum atomic E-state index is -1.14. The van der Waals surface area contributed by atoms with Crippen LogP contribution in [0.4, 0.5) is 0 Å². The van der Waals surface area contributed by atoms with Gasteiger partial charge in [0.25, 0.3) is 0 Å². The zero-order chi connectivity index (χ0) is 18.3. The van der Waals surface area contributed by atoms with Gasteiger partial charge in [-0.1, -0.05) is 43.2 Å². The Bertz CT molecular complexity index is 591. The van der Waals surface area contributed by atoms with Crippen molar-refractivity contribution in [3.63, 3.8) is 0 Å². The fourth-order valence-electron chi connectivity index (χ4n) is 2.36. The van der Waals surface area contributed by atoms with E-state index >= 15 is 0 Å². The number of carboxylic acid groups (broad SMARTS) is 1. The number of carboxylic acids is 1. The van der Waals surface area contributed by atoms with Crippen molar-refractivity contribution >= 4 is 17.8 Å². The number of rotatable bonds is 8. The molecule has 0 saturated heterocycles. The Morgan fingerprint density at radius 2 is 1.62 bits per heavy atom. The summed E-state index contributed by atoms with van der Waals surface area (Å²) in [4.78, 5) is 35.0. The molecule has 6 heteroatoms. The predicted molar refractivity (Wildman–Crippen MR) is 91.5 cm³/mol. The van der Waals surface area contributed by atoms with Gasteiger partial charge in [-0.15, -0.1) is 0 Å². The van der Waals surface area contributed by atoms with E-state index in [0.717, 1.165) is 17.5 Å². The second-order valence-corrected chi connectivity index (χ2v) is 6.47. The molecule has 0 aliphatic carbocycles. The fraction of sp³-hybridized carbons (Fsp3) is 0.500. The van der Waals surface area contributed by atoms with Crippen molar-refractivity contribution in [1.82, 2.24) is 10.6 Å². The first kappa shape index (κ1) is 19.7. The smallest absolute Gasteiger partial charge is 0.330 e. The number of hydrogen-bond acceptors (Lipinski definition) is 3. The molecule has 1 atom stereocenters. The van der Waals surface area contributed by atoms with Gasteiger partial charge in [-0.25, -0.2) is 4.79 Å². The first-order valence-corrected chi connectivity index (χ1v) is 8.06. The lowest BCUT2D eigenvalue weighted by Gasteiger charge is -2.16. The van der Waals surface area contributed by atoms with E-state index < -0.39 is 17.9 Å². The Balaban J connectivity index is 2.64. The van der Waals surface area contributed by atoms with E-state index in [4.69, 9.17) is 0 Å². The van der Waals surface area contributed by atoms with Crippen LogP contribution in [-0.2, 0) is 14.4 Å². The van der Waals surface area contributed by atoms with Gasteiger partial charge in [-0.05, 0) is 31.7 Å². The molecule has 0 saturated carbocycles. The SMILES string of the molecule is Cc1cc(C)cc(C(NC(=O)CNC(=O)CCC(C)C)C(=O)O)c1. The molecule has 0 bridgehead atoms. The van der Waals surface area contributed by atoms with Gasteiger partial charge in [0.2, 0.25) is 11.8 Å². The molecule has 2 amide bonds. The highest BCUT2D eigenvalue weighted by Gasteiger charge is 2.22. The van der Waals surface area contributed by atoms with Gasteiger partial charge in [-0.3, -0.25) is 9.59 Å². The number of amides is 2. The van der Waals surface area contributed by atoms with Crippen LogP contribution < -0.4 is 10.6 Å². The number of carbonyl (C=O) groups excluding carboxylic acids is 2. The standard InChI is InChI=1S/C18H26N2O4/c1-11(2)5-6-15(21)19-10-16(22)20-17(18(23)24)14-8-12(3)7-13(4)9-14/h7-9,11,17H,5-6,10H2,1-4H3,(H,19,21)(H,20,22)(H,23,24). The number of nitrogens with one attached hydrogen (secondary N) is 2. The Morgan fingerprint density at radius 3 is 2.12 bits per heavy atom. The normalized spacial score (nSPS) is 11.9. The molecule has 1 unspecified atom stereocenters. The third-order valence-electron chi connectivity index (χ3n) is 3.52. The summed E-state index contributed by atoms with van der Waals surface area (Å²) in [5.41, 5.74) is 2.36. The largest absolute Gasteiger partial charge is 0.479 e. The monoisotopic (exact) mass is 334 g/mol. The third-order valence-corrected chi connectivity index (χ3v) is 3.52. The number of carbonyl (C=O) groups is 3. The summed E-state index contributed by atoms with van der Waals surface area (Å²) in [6.45, 7) is 7.53. The summed E-state index contributed by atoms with van der Waals surface area (Å²) in [5, 5.41) is 14.3. The maximum atomic E-state index is 12.0. The molecule has 1 rings (SSSR count). The van der Waals surface area contributed by atoms with Crippen molar-refractivity contribution in [2.45, 2.75) is 46.6 Å². The molecule has 0 aliphatic heterocycles. The van der Waals surface area contributed by atoms with Crippen molar-refractivity contribution < 1.29 is 19.5 Å². The van der Waals surface area contributed by atoms with Crippen LogP contribution in [0, 0.1) is 19.8 Å². The van der Waals surface area contributed by atoms with Crippen LogP contribution in [0.2, 0.25) is 0 Å². The molecule has 24 heavy (non-hydrogen) atoms. The molecule has 1 aromatic rings. The number of benzene rings is 1. The lowest BCUT2D eigenvalue weighted by atomic mass is 10.0. The zero-order valence-electron chi connectivity index (χ0n) is 14.7. The topological polar surface area (TPSA) is 95.5 Å². The number of aliphatic carboxylic acids is 1. The molecule has 0 heterocycles. The Labute approximate surface area is 142 Å². The molecule has 0 fully saturated rings. The van der Waals surface area contributed by atoms with E-state index in [1.54, 1.807) is 12.1 Å². The first-order chi connectivity index (χ1) is 11.2. The molecule has 3 N–H and O–H groups in total. The molecular weight excluding hydrogens is 308 g/mol. The maximum absolute atomic E-state index is 12.0. The van der Waals surface area contributed by atoms with Crippen LogP contribution in [0.3, 0.4) is 0 Å². The second kappa shape index (κ2) is 9.05. The molecule has 1 aromatic carbocycles. The van der Waals surface area contributed by atoms with E-state index in [-0.39, 0.29) is 12.5 Å². The van der Waals surface area contributed by atoms with Gasteiger partial charge in [0, 0.05) is 6.42 Å². The lowest BCUT2D eigenvalue weighted by Crippen LogP contribution is -2.41. The van der Waals surface area contributed by atoms with Gasteiger partial charge in [0.15, 0.2) is 6.04 Å². The van der Waals surface area contributed by atoms with E-state index in [0.29, 0.717) is 17.9 Å². The maximum Gasteiger partial charge on any atom is 0.330 e. The fourth-order valence-corrected chi connectivity index (χ4v) is 2.36. The summed E-state index contributed by atoms with van der Waals surface area (Å²) in [6, 6.07) is 4.25. The van der Waals surface area contributed by atoms with Gasteiger partial charge in [0.05, 0.1) is 6.54 Å². The predicted octanol–water partition coefficient (Wildman–Crippen LogP) is 2.10. The molecular formula is C18H26N2O4. The molecule has 132 valence electrons. The highest BCUT2D eigenvalue weighted by molar-refractivity contribution is 5.88. The van der Waals surface area contributed by atoms with E-state index in [2.05, 4.69) is 10.6 Å². The van der Waals surface area contributed by atoms with Crippen LogP contribution in [0.1, 0.15) is 49.4 Å². The van der Waals surface area contributed by atoms with Crippen LogP contribution in [0.5, 0.6) is 0 Å². The summed E-state index contributed by atoms with van der Waals surface area (Å²) < 4.78 is 0. The minimum Gasteiger partial charge on any atom is -0.479 e. The van der Waals surface area contributed by atoms with Crippen molar-refractivity contribution in [2.24, 2.45) is 5.92 Å². The van der Waals surface area contributed by atoms with Crippen molar-refractivity contribution in [3.05, 3.63) is 34.9 Å². The van der Waals surface area contributed by atoms with Crippen molar-refractivity contribution in [1.29, 1.82) is 0 Å². The van der Waals surface area contributed by atoms with E-state index in [9.17, 15) is 19.5 Å². The average molecular weight is 334 g/mol. The minimum absolute atomic E-state index is 0.211. The second-order valence-electron chi connectivity index (χ2n) is 6.47. The van der Waals surface area contributed by atoms with E-state index in [1.807, 2.05) is 33.8 Å². The van der Waals surface area contributed by atoms with Gasteiger partial charge >= 0.3 is 5.97 Å². The van der Waals surface area contributed by atoms with Crippen molar-refractivity contribution in [3.8, 4) is 0 Å². The molecule has 6 nitrogen and oxygen atoms in total. The Morgan fingerprint density at radius 1 is 1.04 bits per heavy atom. The van der Waals surface area contributed by atoms with Gasteiger partial charge in [0.1, 0.15) is 0 Å².